The van der Waals surface area contributed by atoms with Gasteiger partial charge in [-0.1, -0.05) is 30.0 Å². The third kappa shape index (κ3) is 3.52. The van der Waals surface area contributed by atoms with Crippen LogP contribution in [-0.2, 0) is 10.0 Å². The lowest BCUT2D eigenvalue weighted by atomic mass is 10.3. The molecule has 0 spiro atoms. The van der Waals surface area contributed by atoms with Crippen LogP contribution in [-0.4, -0.2) is 40.1 Å². The van der Waals surface area contributed by atoms with E-state index >= 15 is 0 Å². The average molecular weight is 285 g/mol. The van der Waals surface area contributed by atoms with Crippen LogP contribution in [0.2, 0.25) is 0 Å². The van der Waals surface area contributed by atoms with Crippen molar-refractivity contribution in [2.75, 3.05) is 11.5 Å². The highest BCUT2D eigenvalue weighted by molar-refractivity contribution is 8.00. The highest BCUT2D eigenvalue weighted by Crippen LogP contribution is 2.17. The van der Waals surface area contributed by atoms with E-state index in [1.807, 2.05) is 30.3 Å². The second kappa shape index (κ2) is 5.46. The number of nitrogens with two attached hydrogens (primary N) is 1. The van der Waals surface area contributed by atoms with E-state index in [0.717, 1.165) is 5.69 Å². The molecule has 2 N–H and O–H groups in total. The van der Waals surface area contributed by atoms with Crippen LogP contribution in [0.3, 0.4) is 0 Å². The normalized spacial score (nSPS) is 11.6. The Labute approximate surface area is 108 Å². The van der Waals surface area contributed by atoms with Gasteiger partial charge in [-0.25, -0.2) is 13.6 Å². The molecule has 1 aromatic carbocycles. The minimum Gasteiger partial charge on any atom is -0.229 e. The smallest absolute Gasteiger partial charge is 0.214 e. The SMILES string of the molecule is NS(=O)(=O)CCSc1nnnn1-c1ccccc1. The van der Waals surface area contributed by atoms with Gasteiger partial charge >= 0.3 is 0 Å². The van der Waals surface area contributed by atoms with E-state index in [4.69, 9.17) is 5.14 Å². The molecule has 0 aliphatic heterocycles. The fourth-order valence-electron chi connectivity index (χ4n) is 1.25. The van der Waals surface area contributed by atoms with E-state index in [1.165, 1.54) is 11.8 Å². The van der Waals surface area contributed by atoms with E-state index < -0.39 is 10.0 Å². The predicted octanol–water partition coefficient (Wildman–Crippen LogP) is 0.0429. The summed E-state index contributed by atoms with van der Waals surface area (Å²) in [7, 11) is -3.45. The van der Waals surface area contributed by atoms with Crippen molar-refractivity contribution in [3.63, 3.8) is 0 Å². The van der Waals surface area contributed by atoms with Crippen molar-refractivity contribution in [2.24, 2.45) is 5.14 Å². The zero-order valence-electron chi connectivity index (χ0n) is 9.30. The van der Waals surface area contributed by atoms with E-state index in [2.05, 4.69) is 15.5 Å². The Morgan fingerprint density at radius 1 is 1.28 bits per heavy atom. The molecule has 2 rings (SSSR count). The molecular weight excluding hydrogens is 274 g/mol. The number of thioether (sulfide) groups is 1. The summed E-state index contributed by atoms with van der Waals surface area (Å²) >= 11 is 1.24. The molecule has 0 amide bonds. The van der Waals surface area contributed by atoms with Gasteiger partial charge in [-0.05, 0) is 22.6 Å². The van der Waals surface area contributed by atoms with E-state index in [0.29, 0.717) is 10.9 Å². The Morgan fingerprint density at radius 3 is 2.67 bits per heavy atom. The fourth-order valence-corrected chi connectivity index (χ4v) is 3.05. The molecule has 0 fully saturated rings. The van der Waals surface area contributed by atoms with Crippen molar-refractivity contribution in [1.29, 1.82) is 0 Å². The zero-order valence-corrected chi connectivity index (χ0v) is 10.9. The van der Waals surface area contributed by atoms with Gasteiger partial charge in [-0.2, -0.15) is 4.68 Å². The first-order chi connectivity index (χ1) is 8.56. The molecular formula is C9H11N5O2S2. The molecule has 0 unspecified atom stereocenters. The van der Waals surface area contributed by atoms with Crippen molar-refractivity contribution in [3.8, 4) is 5.69 Å². The van der Waals surface area contributed by atoms with Crippen LogP contribution in [0.5, 0.6) is 0 Å². The van der Waals surface area contributed by atoms with Gasteiger partial charge in [0.15, 0.2) is 0 Å². The molecule has 0 atom stereocenters. The van der Waals surface area contributed by atoms with Crippen LogP contribution in [0.4, 0.5) is 0 Å². The molecule has 7 nitrogen and oxygen atoms in total. The maximum absolute atomic E-state index is 10.8. The summed E-state index contributed by atoms with van der Waals surface area (Å²) < 4.78 is 23.2. The molecule has 0 bridgehead atoms. The molecule has 1 heterocycles. The van der Waals surface area contributed by atoms with Crippen molar-refractivity contribution in [2.45, 2.75) is 5.16 Å². The summed E-state index contributed by atoms with van der Waals surface area (Å²) in [5, 5.41) is 16.7. The number of para-hydroxylation sites is 1. The maximum atomic E-state index is 10.8. The van der Waals surface area contributed by atoms with Crippen LogP contribution in [0, 0.1) is 0 Å². The lowest BCUT2D eigenvalue weighted by Gasteiger charge is -2.03. The van der Waals surface area contributed by atoms with Gasteiger partial charge < -0.3 is 0 Å². The summed E-state index contributed by atoms with van der Waals surface area (Å²) in [6.45, 7) is 0. The molecule has 0 saturated heterocycles. The monoisotopic (exact) mass is 285 g/mol. The van der Waals surface area contributed by atoms with Crippen molar-refractivity contribution in [1.82, 2.24) is 20.2 Å². The van der Waals surface area contributed by atoms with E-state index in [-0.39, 0.29) is 5.75 Å². The summed E-state index contributed by atoms with van der Waals surface area (Å²) in [4.78, 5) is 0. The van der Waals surface area contributed by atoms with E-state index in [9.17, 15) is 8.42 Å². The van der Waals surface area contributed by atoms with Crippen LogP contribution in [0.1, 0.15) is 0 Å². The summed E-state index contributed by atoms with van der Waals surface area (Å²) in [6, 6.07) is 9.35. The Balaban J connectivity index is 2.09. The Bertz CT molecular complexity index is 611. The lowest BCUT2D eigenvalue weighted by Crippen LogP contribution is -2.18. The Kier molecular flexibility index (Phi) is 3.94. The minimum atomic E-state index is -3.45. The van der Waals surface area contributed by atoms with E-state index in [1.54, 1.807) is 4.68 Å². The largest absolute Gasteiger partial charge is 0.229 e. The van der Waals surface area contributed by atoms with Crippen molar-refractivity contribution >= 4 is 21.8 Å². The minimum absolute atomic E-state index is 0.112. The van der Waals surface area contributed by atoms with Gasteiger partial charge in [-0.15, -0.1) is 5.10 Å². The average Bonchev–Trinajstić information content (AvgIpc) is 2.77. The highest BCUT2D eigenvalue weighted by Gasteiger charge is 2.10. The molecule has 2 aromatic rings. The molecule has 96 valence electrons. The quantitative estimate of drug-likeness (QED) is 0.778. The lowest BCUT2D eigenvalue weighted by molar-refractivity contribution is 0.599. The first-order valence-electron chi connectivity index (χ1n) is 5.03. The number of rotatable bonds is 5. The number of nitrogens with zero attached hydrogens (tertiary/aromatic N) is 4. The number of sulfonamides is 1. The fraction of sp³-hybridized carbons (Fsp3) is 0.222. The zero-order chi connectivity index (χ0) is 13.0. The van der Waals surface area contributed by atoms with Gasteiger partial charge in [-0.3, -0.25) is 0 Å². The van der Waals surface area contributed by atoms with Crippen LogP contribution < -0.4 is 5.14 Å². The molecule has 18 heavy (non-hydrogen) atoms. The van der Waals surface area contributed by atoms with Gasteiger partial charge in [0.1, 0.15) is 0 Å². The second-order valence-electron chi connectivity index (χ2n) is 3.42. The summed E-state index contributed by atoms with van der Waals surface area (Å²) in [5.74, 6) is 0.200. The first kappa shape index (κ1) is 13.0. The number of tetrazole rings is 1. The third-order valence-corrected chi connectivity index (χ3v) is 3.99. The summed E-state index contributed by atoms with van der Waals surface area (Å²) in [6.07, 6.45) is 0. The standard InChI is InChI=1S/C9H11N5O2S2/c10-18(15,16)7-6-17-9-11-12-13-14(9)8-4-2-1-3-5-8/h1-5H,6-7H2,(H2,10,15,16). The van der Waals surface area contributed by atoms with Crippen LogP contribution in [0.25, 0.3) is 5.69 Å². The topological polar surface area (TPSA) is 104 Å². The van der Waals surface area contributed by atoms with Gasteiger partial charge in [0.25, 0.3) is 0 Å². The maximum Gasteiger partial charge on any atom is 0.214 e. The second-order valence-corrected chi connectivity index (χ2v) is 6.22. The van der Waals surface area contributed by atoms with Crippen LogP contribution >= 0.6 is 11.8 Å². The molecule has 0 aliphatic carbocycles. The van der Waals surface area contributed by atoms with Gasteiger partial charge in [0.2, 0.25) is 15.2 Å². The predicted molar refractivity (Wildman–Crippen MR) is 67.9 cm³/mol. The Hall–Kier alpha value is -1.45. The first-order valence-corrected chi connectivity index (χ1v) is 7.73. The molecule has 0 saturated carbocycles. The van der Waals surface area contributed by atoms with Crippen LogP contribution in [0.15, 0.2) is 35.5 Å². The third-order valence-electron chi connectivity index (χ3n) is 2.04. The van der Waals surface area contributed by atoms with Gasteiger partial charge in [0, 0.05) is 5.75 Å². The summed E-state index contributed by atoms with van der Waals surface area (Å²) in [5.41, 5.74) is 0.820. The Morgan fingerprint density at radius 2 is 2.00 bits per heavy atom. The molecule has 0 aliphatic rings. The van der Waals surface area contributed by atoms with Crippen molar-refractivity contribution in [3.05, 3.63) is 30.3 Å². The van der Waals surface area contributed by atoms with Gasteiger partial charge in [0.05, 0.1) is 11.4 Å². The molecule has 9 heteroatoms. The molecule has 1 aromatic heterocycles. The van der Waals surface area contributed by atoms with Crippen molar-refractivity contribution < 1.29 is 8.42 Å². The number of aromatic nitrogens is 4. The molecule has 0 radical (unpaired) electrons. The highest BCUT2D eigenvalue weighted by atomic mass is 32.2. The number of hydrogen-bond donors (Lipinski definition) is 1. The number of benzene rings is 1. The number of hydrogen-bond acceptors (Lipinski definition) is 6. The number of primary sulfonamides is 1.